The summed E-state index contributed by atoms with van der Waals surface area (Å²) in [5, 5.41) is 0. The number of Topliss-reactive ketones (excluding diaryl/α,β-unsaturated/α-hetero) is 1. The number of ketones is 1. The van der Waals surface area contributed by atoms with E-state index in [0.717, 1.165) is 25.7 Å². The Bertz CT molecular complexity index is 96.9. The second-order valence-electron chi connectivity index (χ2n) is 2.46. The molecule has 1 nitrogen and oxygen atoms in total. The minimum atomic E-state index is 0.426. The van der Waals surface area contributed by atoms with Gasteiger partial charge in [-0.2, -0.15) is 0 Å². The van der Waals surface area contributed by atoms with Crippen LogP contribution in [0.1, 0.15) is 46.5 Å². The summed E-state index contributed by atoms with van der Waals surface area (Å²) >= 11 is 0. The van der Waals surface area contributed by atoms with E-state index in [9.17, 15) is 4.79 Å². The highest BCUT2D eigenvalue weighted by Gasteiger charge is 2.21. The van der Waals surface area contributed by atoms with Crippen LogP contribution in [0.2, 0.25) is 0 Å². The molecule has 0 heterocycles. The van der Waals surface area contributed by atoms with Crippen LogP contribution in [0.15, 0.2) is 0 Å². The van der Waals surface area contributed by atoms with Crippen molar-refractivity contribution in [3.8, 4) is 0 Å². The van der Waals surface area contributed by atoms with Crippen molar-refractivity contribution in [3.63, 3.8) is 0 Å². The maximum atomic E-state index is 10.8. The number of carbonyl (C=O) groups excluding carboxylic acids is 1. The molecule has 1 unspecified atom stereocenters. The summed E-state index contributed by atoms with van der Waals surface area (Å²) in [6.45, 7) is 6.09. The number of hydrogen-bond acceptors (Lipinski definition) is 1. The molecule has 0 bridgehead atoms. The molecule has 0 saturated heterocycles. The first-order valence-corrected chi connectivity index (χ1v) is 4.37. The molecule has 1 fully saturated rings. The highest BCUT2D eigenvalue weighted by molar-refractivity contribution is 5.82. The zero-order valence-electron chi connectivity index (χ0n) is 7.31. The number of carbonyl (C=O) groups is 1. The number of hydrogen-bond donors (Lipinski definition) is 0. The third-order valence-electron chi connectivity index (χ3n) is 1.92. The first-order valence-electron chi connectivity index (χ1n) is 4.37. The molecule has 1 rings (SSSR count). The Morgan fingerprint density at radius 2 is 2.10 bits per heavy atom. The van der Waals surface area contributed by atoms with Gasteiger partial charge >= 0.3 is 0 Å². The molecule has 0 aromatic heterocycles. The van der Waals surface area contributed by atoms with Crippen LogP contribution in [0.3, 0.4) is 0 Å². The van der Waals surface area contributed by atoms with Crippen molar-refractivity contribution in [1.29, 1.82) is 0 Å². The second-order valence-corrected chi connectivity index (χ2v) is 2.46. The number of rotatable bonds is 1. The molecule has 1 saturated carbocycles. The summed E-state index contributed by atoms with van der Waals surface area (Å²) in [5.74, 6) is 0.919. The Labute approximate surface area is 63.8 Å². The van der Waals surface area contributed by atoms with Crippen molar-refractivity contribution in [2.75, 3.05) is 0 Å². The van der Waals surface area contributed by atoms with Gasteiger partial charge in [0.15, 0.2) is 0 Å². The lowest BCUT2D eigenvalue weighted by Gasteiger charge is -1.98. The topological polar surface area (TPSA) is 17.1 Å². The van der Waals surface area contributed by atoms with E-state index in [1.54, 1.807) is 0 Å². The Kier molecular flexibility index (Phi) is 5.27. The third-order valence-corrected chi connectivity index (χ3v) is 1.92. The molecule has 0 aromatic rings. The highest BCUT2D eigenvalue weighted by atomic mass is 16.1. The Balaban J connectivity index is 0.000000371. The monoisotopic (exact) mass is 142 g/mol. The van der Waals surface area contributed by atoms with Gasteiger partial charge in [-0.25, -0.2) is 0 Å². The fourth-order valence-corrected chi connectivity index (χ4v) is 1.32. The predicted octanol–water partition coefficient (Wildman–Crippen LogP) is 2.79. The lowest BCUT2D eigenvalue weighted by atomic mass is 10.1. The summed E-state index contributed by atoms with van der Waals surface area (Å²) in [7, 11) is 0. The van der Waals surface area contributed by atoms with E-state index >= 15 is 0 Å². The highest BCUT2D eigenvalue weighted by Crippen LogP contribution is 2.23. The average molecular weight is 142 g/mol. The van der Waals surface area contributed by atoms with E-state index in [1.807, 2.05) is 13.8 Å². The predicted molar refractivity (Wildman–Crippen MR) is 44.0 cm³/mol. The lowest BCUT2D eigenvalue weighted by molar-refractivity contribution is -0.120. The zero-order chi connectivity index (χ0) is 7.98. The Morgan fingerprint density at radius 3 is 2.30 bits per heavy atom. The van der Waals surface area contributed by atoms with Crippen molar-refractivity contribution in [2.45, 2.75) is 46.5 Å². The molecule has 1 atom stereocenters. The molecular weight excluding hydrogens is 124 g/mol. The van der Waals surface area contributed by atoms with Gasteiger partial charge < -0.3 is 0 Å². The molecule has 0 amide bonds. The van der Waals surface area contributed by atoms with Crippen molar-refractivity contribution in [2.24, 2.45) is 5.92 Å². The van der Waals surface area contributed by atoms with Crippen LogP contribution < -0.4 is 0 Å². The maximum Gasteiger partial charge on any atom is 0.135 e. The quantitative estimate of drug-likeness (QED) is 0.550. The van der Waals surface area contributed by atoms with E-state index in [1.165, 1.54) is 0 Å². The SMILES string of the molecule is CC.CCC1CCCC1=O. The molecule has 0 aliphatic heterocycles. The fraction of sp³-hybridized carbons (Fsp3) is 0.889. The van der Waals surface area contributed by atoms with Gasteiger partial charge in [0, 0.05) is 12.3 Å². The summed E-state index contributed by atoms with van der Waals surface area (Å²) in [6.07, 6.45) is 4.18. The molecular formula is C9H18O. The maximum absolute atomic E-state index is 10.8. The van der Waals surface area contributed by atoms with Crippen LogP contribution in [-0.4, -0.2) is 5.78 Å². The first kappa shape index (κ1) is 9.67. The Hall–Kier alpha value is -0.330. The minimum absolute atomic E-state index is 0.426. The van der Waals surface area contributed by atoms with Gasteiger partial charge in [0.1, 0.15) is 5.78 Å². The third kappa shape index (κ3) is 2.51. The van der Waals surface area contributed by atoms with Crippen molar-refractivity contribution in [3.05, 3.63) is 0 Å². The summed E-state index contributed by atoms with van der Waals surface area (Å²) in [4.78, 5) is 10.8. The molecule has 0 aromatic carbocycles. The molecule has 10 heavy (non-hydrogen) atoms. The zero-order valence-corrected chi connectivity index (χ0v) is 7.31. The van der Waals surface area contributed by atoms with E-state index in [0.29, 0.717) is 11.7 Å². The van der Waals surface area contributed by atoms with E-state index < -0.39 is 0 Å². The molecule has 1 heteroatoms. The minimum Gasteiger partial charge on any atom is -0.299 e. The molecule has 0 spiro atoms. The van der Waals surface area contributed by atoms with Gasteiger partial charge in [0.05, 0.1) is 0 Å². The van der Waals surface area contributed by atoms with Gasteiger partial charge in [0.2, 0.25) is 0 Å². The standard InChI is InChI=1S/C7H12O.C2H6/c1-2-6-4-3-5-7(6)8;1-2/h6H,2-5H2,1H3;1-2H3. The average Bonchev–Trinajstić information content (AvgIpc) is 2.39. The summed E-state index contributed by atoms with van der Waals surface area (Å²) in [6, 6.07) is 0. The Morgan fingerprint density at radius 1 is 1.50 bits per heavy atom. The smallest absolute Gasteiger partial charge is 0.135 e. The van der Waals surface area contributed by atoms with E-state index in [2.05, 4.69) is 6.92 Å². The summed E-state index contributed by atoms with van der Waals surface area (Å²) in [5.41, 5.74) is 0. The van der Waals surface area contributed by atoms with E-state index in [4.69, 9.17) is 0 Å². The second kappa shape index (κ2) is 5.45. The van der Waals surface area contributed by atoms with Crippen LogP contribution in [0, 0.1) is 5.92 Å². The fourth-order valence-electron chi connectivity index (χ4n) is 1.32. The normalized spacial score (nSPS) is 23.9. The molecule has 60 valence electrons. The van der Waals surface area contributed by atoms with Crippen LogP contribution in [0.4, 0.5) is 0 Å². The lowest BCUT2D eigenvalue weighted by Crippen LogP contribution is -2.03. The van der Waals surface area contributed by atoms with Gasteiger partial charge in [-0.1, -0.05) is 20.8 Å². The van der Waals surface area contributed by atoms with Gasteiger partial charge in [-0.3, -0.25) is 4.79 Å². The summed E-state index contributed by atoms with van der Waals surface area (Å²) < 4.78 is 0. The largest absolute Gasteiger partial charge is 0.299 e. The van der Waals surface area contributed by atoms with Crippen LogP contribution in [0.25, 0.3) is 0 Å². The van der Waals surface area contributed by atoms with Crippen LogP contribution in [0.5, 0.6) is 0 Å². The van der Waals surface area contributed by atoms with Gasteiger partial charge in [0.25, 0.3) is 0 Å². The van der Waals surface area contributed by atoms with Crippen molar-refractivity contribution < 1.29 is 4.79 Å². The molecule has 1 aliphatic carbocycles. The van der Waals surface area contributed by atoms with Gasteiger partial charge in [-0.05, 0) is 19.3 Å². The van der Waals surface area contributed by atoms with E-state index in [-0.39, 0.29) is 0 Å². The first-order chi connectivity index (χ1) is 4.84. The molecule has 0 radical (unpaired) electrons. The van der Waals surface area contributed by atoms with Gasteiger partial charge in [-0.15, -0.1) is 0 Å². The molecule has 1 aliphatic rings. The van der Waals surface area contributed by atoms with Crippen molar-refractivity contribution in [1.82, 2.24) is 0 Å². The van der Waals surface area contributed by atoms with Crippen LogP contribution >= 0.6 is 0 Å². The molecule has 0 N–H and O–H groups in total. The van der Waals surface area contributed by atoms with Crippen molar-refractivity contribution >= 4 is 5.78 Å². The van der Waals surface area contributed by atoms with Crippen LogP contribution in [-0.2, 0) is 4.79 Å².